The number of Topliss-reactive ketones (excluding diaryl/α,β-unsaturated/α-hetero) is 3. The van der Waals surface area contributed by atoms with E-state index in [1.165, 1.54) is 53.0 Å². The van der Waals surface area contributed by atoms with Gasteiger partial charge in [-0.2, -0.15) is 0 Å². The Balaban J connectivity index is 1.52. The van der Waals surface area contributed by atoms with Crippen molar-refractivity contribution in [3.05, 3.63) is 69.0 Å². The van der Waals surface area contributed by atoms with Gasteiger partial charge >= 0.3 is 29.7 Å². The molecular weight excluding hydrogens is 1020 g/mol. The van der Waals surface area contributed by atoms with Crippen molar-refractivity contribution in [1.29, 1.82) is 0 Å². The Kier molecular flexibility index (Phi) is 20.0. The van der Waals surface area contributed by atoms with Crippen molar-refractivity contribution in [3.63, 3.8) is 0 Å². The van der Waals surface area contributed by atoms with Crippen LogP contribution in [-0.4, -0.2) is 148 Å². The quantitative estimate of drug-likeness (QED) is 0.0847. The number of amides is 1. The molecule has 22 nitrogen and oxygen atoms in total. The molecule has 0 unspecified atom stereocenters. The number of hydrogen-bond acceptors (Lipinski definition) is 21. The van der Waals surface area contributed by atoms with Gasteiger partial charge in [0.05, 0.1) is 52.8 Å². The van der Waals surface area contributed by atoms with Gasteiger partial charge in [-0.05, 0) is 32.1 Å². The maximum Gasteiger partial charge on any atom is 0.312 e. The number of benzene rings is 1. The minimum atomic E-state index is -2.19. The van der Waals surface area contributed by atoms with Crippen molar-refractivity contribution in [2.24, 2.45) is 23.7 Å². The molecule has 0 aromatic heterocycles. The average molecular weight is 1090 g/mol. The molecule has 6 N–H and O–H groups in total. The molecule has 5 bridgehead atoms. The van der Waals surface area contributed by atoms with Gasteiger partial charge in [0.2, 0.25) is 11.6 Å². The summed E-state index contributed by atoms with van der Waals surface area (Å²) in [6.07, 6.45) is -2.11. The van der Waals surface area contributed by atoms with Crippen LogP contribution in [0.2, 0.25) is 0 Å². The van der Waals surface area contributed by atoms with Crippen LogP contribution in [-0.2, 0) is 57.1 Å². The molecule has 4 aliphatic heterocycles. The second-order valence-electron chi connectivity index (χ2n) is 18.8. The number of hydrogen-bond donors (Lipinski definition) is 6. The summed E-state index contributed by atoms with van der Waals surface area (Å²) < 4.78 is 45.4. The zero-order chi connectivity index (χ0) is 56.0. The molecule has 0 radical (unpaired) electrons. The van der Waals surface area contributed by atoms with Crippen LogP contribution < -0.4 is 20.7 Å². The number of thiocarbonyl (C=S) groups is 1. The van der Waals surface area contributed by atoms with Gasteiger partial charge in [0.1, 0.15) is 23.3 Å². The van der Waals surface area contributed by atoms with E-state index in [0.29, 0.717) is 0 Å². The highest BCUT2D eigenvalue weighted by Gasteiger charge is 2.53. The molecule has 5 aliphatic rings. The van der Waals surface area contributed by atoms with Crippen LogP contribution in [0, 0.1) is 30.6 Å². The molecule has 1 fully saturated rings. The van der Waals surface area contributed by atoms with Crippen LogP contribution in [0.15, 0.2) is 46.7 Å². The second kappa shape index (κ2) is 25.1. The van der Waals surface area contributed by atoms with E-state index in [2.05, 4.69) is 16.0 Å². The summed E-state index contributed by atoms with van der Waals surface area (Å²) in [6, 6.07) is 0. The number of methoxy groups -OCH3 is 1. The normalized spacial score (nSPS) is 31.8. The summed E-state index contributed by atoms with van der Waals surface area (Å²) in [5.74, 6) is -12.5. The van der Waals surface area contributed by atoms with E-state index in [4.69, 9.17) is 50.1 Å². The standard InChI is InChI=1S/C51H65N3O19S2/c1-21-14-13-15-22(2)48(65)53-36-40(62)34-33(41(63)46(36)75-19-17-52-50(74)54-49-45(72-30(10)58)44(71-29(9)57)32(20-67-49)69-27(7)55)35-43(26(6)39(34)61)73-51(11,47(35)64)68-18-16-31(66-12)23(3)42(70-28(8)56)25(5)38(60)24(4)37(21)59/h13-16,18,21,23-25,31-32,37-38,42,44-45,49,59-61H,17,19-20H2,1-12H3,(H,53,65)(H2,52,54,74)/b14-13+,18-16+,22-15-/t21-,23+,24+,25+,31-,32+,37-,38+,42+,44+,45-,49-,51-/m0/s1. The van der Waals surface area contributed by atoms with Crippen LogP contribution in [0.5, 0.6) is 11.5 Å². The van der Waals surface area contributed by atoms with Gasteiger partial charge in [-0.3, -0.25) is 38.4 Å². The number of aliphatic hydroxyl groups excluding tert-OH is 2. The lowest BCUT2D eigenvalue weighted by atomic mass is 9.78. The summed E-state index contributed by atoms with van der Waals surface area (Å²) in [6.45, 7) is 15.1. The van der Waals surface area contributed by atoms with Crippen LogP contribution in [0.4, 0.5) is 0 Å². The van der Waals surface area contributed by atoms with Gasteiger partial charge in [-0.25, -0.2) is 0 Å². The molecule has 6 rings (SSSR count). The molecule has 1 aromatic rings. The Morgan fingerprint density at radius 3 is 2.05 bits per heavy atom. The maximum atomic E-state index is 14.9. The summed E-state index contributed by atoms with van der Waals surface area (Å²) in [5, 5.41) is 42.9. The van der Waals surface area contributed by atoms with Gasteiger partial charge in [-0.1, -0.05) is 45.9 Å². The fourth-order valence-electron chi connectivity index (χ4n) is 9.16. The molecule has 24 heteroatoms. The zero-order valence-corrected chi connectivity index (χ0v) is 45.3. The van der Waals surface area contributed by atoms with Gasteiger partial charge in [0.15, 0.2) is 29.7 Å². The number of thioether (sulfide) groups is 1. The zero-order valence-electron chi connectivity index (χ0n) is 43.6. The third kappa shape index (κ3) is 13.4. The topological polar surface area (TPSA) is 307 Å². The number of nitrogens with one attached hydrogen (secondary N) is 3. The predicted octanol–water partition coefficient (Wildman–Crippen LogP) is 3.31. The molecule has 75 heavy (non-hydrogen) atoms. The molecule has 410 valence electrons. The van der Waals surface area contributed by atoms with Gasteiger partial charge in [0.25, 0.3) is 11.7 Å². The first-order valence-electron chi connectivity index (χ1n) is 24.0. The number of rotatable bonds is 10. The third-order valence-corrected chi connectivity index (χ3v) is 14.5. The molecule has 13 atom stereocenters. The SMILES string of the molecule is CO[C@H]1/C=C/O[C@@]2(C)Oc3c(C)c(O)c4c(c3C2=O)C(=O)C(SCCNC(=S)N[C@H]2OC[C@@H](OC(C)=O)[C@@H](OC(C)=O)[C@@H]2OC(C)=O)=C(NC(=O)/C(C)=C\C=C\[C@H](C)[C@H](O)[C@@H](C)[C@@H](O)[C@@H](C)[C@H](OC(C)=O)[C@@H]1C)C4=O. The maximum absolute atomic E-state index is 14.9. The lowest BCUT2D eigenvalue weighted by molar-refractivity contribution is -0.227. The van der Waals surface area contributed by atoms with E-state index in [1.807, 2.05) is 0 Å². The first-order valence-corrected chi connectivity index (χ1v) is 25.4. The number of carbonyl (C=O) groups is 8. The number of esters is 4. The van der Waals surface area contributed by atoms with Crippen LogP contribution in [0.25, 0.3) is 0 Å². The minimum Gasteiger partial charge on any atom is -0.507 e. The number of fused-ring (bicyclic) bond motifs is 14. The molecule has 0 saturated carbocycles. The highest BCUT2D eigenvalue weighted by Crippen LogP contribution is 2.49. The van der Waals surface area contributed by atoms with Crippen LogP contribution >= 0.6 is 24.0 Å². The third-order valence-electron chi connectivity index (χ3n) is 13.2. The van der Waals surface area contributed by atoms with Crippen LogP contribution in [0.1, 0.15) is 106 Å². The monoisotopic (exact) mass is 1090 g/mol. The number of phenolic OH excluding ortho intramolecular Hbond substituents is 1. The number of allylic oxidation sites excluding steroid dienone is 4. The van der Waals surface area contributed by atoms with Crippen molar-refractivity contribution in [1.82, 2.24) is 16.0 Å². The van der Waals surface area contributed by atoms with E-state index in [1.54, 1.807) is 33.8 Å². The fourth-order valence-corrected chi connectivity index (χ4v) is 10.3. The van der Waals surface area contributed by atoms with Crippen molar-refractivity contribution in [2.75, 3.05) is 26.0 Å². The highest BCUT2D eigenvalue weighted by atomic mass is 32.2. The van der Waals surface area contributed by atoms with Crippen molar-refractivity contribution in [3.8, 4) is 11.5 Å². The summed E-state index contributed by atoms with van der Waals surface area (Å²) in [5.41, 5.74) is -1.99. The lowest BCUT2D eigenvalue weighted by Gasteiger charge is -2.40. The number of ether oxygens (including phenoxy) is 8. The van der Waals surface area contributed by atoms with Crippen molar-refractivity contribution < 1.29 is 91.6 Å². The Hall–Kier alpha value is -6.18. The summed E-state index contributed by atoms with van der Waals surface area (Å²) >= 11 is 6.30. The van der Waals surface area contributed by atoms with E-state index < -0.39 is 148 Å². The number of aromatic hydroxyl groups is 1. The highest BCUT2D eigenvalue weighted by molar-refractivity contribution is 8.04. The smallest absolute Gasteiger partial charge is 0.312 e. The van der Waals surface area contributed by atoms with Gasteiger partial charge in [0, 0.05) is 88.8 Å². The van der Waals surface area contributed by atoms with Gasteiger partial charge in [-0.15, -0.1) is 11.8 Å². The predicted molar refractivity (Wildman–Crippen MR) is 271 cm³/mol. The fraction of sp³-hybridized carbons (Fsp3) is 0.549. The first-order chi connectivity index (χ1) is 35.1. The molecule has 1 aromatic carbocycles. The Labute approximate surface area is 443 Å². The van der Waals surface area contributed by atoms with E-state index in [-0.39, 0.29) is 51.4 Å². The Morgan fingerprint density at radius 2 is 1.44 bits per heavy atom. The molecular formula is C51H65N3O19S2. The number of phenols is 1. The van der Waals surface area contributed by atoms with Crippen LogP contribution in [0.3, 0.4) is 0 Å². The summed E-state index contributed by atoms with van der Waals surface area (Å²) in [4.78, 5) is 106. The second-order valence-corrected chi connectivity index (χ2v) is 20.3. The molecule has 1 saturated heterocycles. The average Bonchev–Trinajstić information content (AvgIpc) is 3.60. The largest absolute Gasteiger partial charge is 0.507 e. The van der Waals surface area contributed by atoms with E-state index in [9.17, 15) is 53.7 Å². The molecule has 1 aliphatic carbocycles. The number of carbonyl (C=O) groups excluding carboxylic acids is 8. The van der Waals surface area contributed by atoms with E-state index in [0.717, 1.165) is 38.8 Å². The van der Waals surface area contributed by atoms with Gasteiger partial charge < -0.3 is 69.2 Å². The number of ketones is 3. The minimum absolute atomic E-state index is 0.0435. The molecule has 4 heterocycles. The van der Waals surface area contributed by atoms with E-state index >= 15 is 0 Å². The van der Waals surface area contributed by atoms with Crippen molar-refractivity contribution in [2.45, 2.75) is 131 Å². The Bertz CT molecular complexity index is 2590. The molecule has 1 amide bonds. The first kappa shape index (κ1) is 59.7. The molecule has 0 spiro atoms. The lowest BCUT2D eigenvalue weighted by Crippen LogP contribution is -2.63. The van der Waals surface area contributed by atoms with Crippen molar-refractivity contribution >= 4 is 76.2 Å². The Morgan fingerprint density at radius 1 is 0.827 bits per heavy atom. The summed E-state index contributed by atoms with van der Waals surface area (Å²) in [7, 11) is 1.39. The number of aliphatic hydroxyl groups is 2.